The first-order chi connectivity index (χ1) is 8.70. The summed E-state index contributed by atoms with van der Waals surface area (Å²) in [5, 5.41) is 3.78. The molecular weight excluding hydrogens is 306 g/mol. The molecule has 0 fully saturated rings. The monoisotopic (exact) mass is 327 g/mol. The van der Waals surface area contributed by atoms with Crippen LogP contribution in [0.5, 0.6) is 0 Å². The number of thioether (sulfide) groups is 1. The molecule has 1 nitrogen and oxygen atoms in total. The second-order valence-electron chi connectivity index (χ2n) is 4.99. The van der Waals surface area contributed by atoms with Gasteiger partial charge in [-0.15, -0.1) is 0 Å². The summed E-state index contributed by atoms with van der Waals surface area (Å²) in [6, 6.07) is 7.89. The van der Waals surface area contributed by atoms with E-state index in [1.165, 1.54) is 46.4 Å². The number of rotatable bonds is 6. The third kappa shape index (κ3) is 3.75. The Balaban J connectivity index is 1.89. The highest BCUT2D eigenvalue weighted by Crippen LogP contribution is 2.33. The summed E-state index contributed by atoms with van der Waals surface area (Å²) in [7, 11) is 0. The van der Waals surface area contributed by atoms with Crippen LogP contribution in [0.15, 0.2) is 22.7 Å². The number of hydrogen-bond acceptors (Lipinski definition) is 2. The van der Waals surface area contributed by atoms with Gasteiger partial charge in [0.05, 0.1) is 0 Å². The molecule has 0 radical (unpaired) electrons. The van der Waals surface area contributed by atoms with Crippen molar-refractivity contribution in [2.24, 2.45) is 0 Å². The van der Waals surface area contributed by atoms with E-state index in [1.807, 2.05) is 11.8 Å². The molecule has 0 aliphatic heterocycles. The molecule has 0 saturated carbocycles. The highest BCUT2D eigenvalue weighted by molar-refractivity contribution is 9.10. The van der Waals surface area contributed by atoms with Crippen LogP contribution in [0.4, 0.5) is 0 Å². The number of hydrogen-bond donors (Lipinski definition) is 1. The summed E-state index contributed by atoms with van der Waals surface area (Å²) >= 11 is 5.59. The van der Waals surface area contributed by atoms with Crippen LogP contribution in [-0.2, 0) is 6.42 Å². The molecule has 0 bridgehead atoms. The van der Waals surface area contributed by atoms with E-state index in [0.29, 0.717) is 12.1 Å². The fourth-order valence-electron chi connectivity index (χ4n) is 2.59. The minimum Gasteiger partial charge on any atom is -0.307 e. The summed E-state index contributed by atoms with van der Waals surface area (Å²) in [5.74, 6) is 2.50. The van der Waals surface area contributed by atoms with Gasteiger partial charge in [0.2, 0.25) is 0 Å². The van der Waals surface area contributed by atoms with Gasteiger partial charge in [-0.25, -0.2) is 0 Å². The molecule has 0 aromatic heterocycles. The lowest BCUT2D eigenvalue weighted by Gasteiger charge is -2.20. The summed E-state index contributed by atoms with van der Waals surface area (Å²) in [4.78, 5) is 0. The summed E-state index contributed by atoms with van der Waals surface area (Å²) in [5.41, 5.74) is 3.02. The molecule has 2 atom stereocenters. The van der Waals surface area contributed by atoms with Crippen molar-refractivity contribution >= 4 is 27.7 Å². The Morgan fingerprint density at radius 3 is 3.11 bits per heavy atom. The first-order valence-electron chi connectivity index (χ1n) is 6.82. The zero-order chi connectivity index (χ0) is 13.0. The first kappa shape index (κ1) is 14.4. The fraction of sp³-hybridized carbons (Fsp3) is 0.600. The highest BCUT2D eigenvalue weighted by Gasteiger charge is 2.23. The summed E-state index contributed by atoms with van der Waals surface area (Å²) in [6.07, 6.45) is 3.72. The maximum absolute atomic E-state index is 3.78. The quantitative estimate of drug-likeness (QED) is 0.769. The van der Waals surface area contributed by atoms with E-state index in [0.717, 1.165) is 0 Å². The van der Waals surface area contributed by atoms with Gasteiger partial charge < -0.3 is 5.32 Å². The molecule has 1 N–H and O–H groups in total. The van der Waals surface area contributed by atoms with Gasteiger partial charge in [0.15, 0.2) is 0 Å². The smallest absolute Gasteiger partial charge is 0.0328 e. The van der Waals surface area contributed by atoms with Crippen molar-refractivity contribution in [2.75, 3.05) is 11.5 Å². The van der Waals surface area contributed by atoms with Gasteiger partial charge in [0, 0.05) is 16.6 Å². The molecule has 1 aliphatic rings. The van der Waals surface area contributed by atoms with Gasteiger partial charge in [-0.05, 0) is 61.0 Å². The standard InChI is InChI=1S/C15H22BrNS/c1-3-18-9-8-11(2)17-15-7-4-12-10-13(16)5-6-14(12)15/h5-6,10-11,15,17H,3-4,7-9H2,1-2H3. The van der Waals surface area contributed by atoms with E-state index >= 15 is 0 Å². The predicted molar refractivity (Wildman–Crippen MR) is 85.4 cm³/mol. The average Bonchev–Trinajstić information content (AvgIpc) is 2.72. The highest BCUT2D eigenvalue weighted by atomic mass is 79.9. The zero-order valence-electron chi connectivity index (χ0n) is 11.2. The van der Waals surface area contributed by atoms with Crippen LogP contribution < -0.4 is 5.32 Å². The number of nitrogens with one attached hydrogen (secondary N) is 1. The van der Waals surface area contributed by atoms with Gasteiger partial charge >= 0.3 is 0 Å². The Morgan fingerprint density at radius 1 is 1.50 bits per heavy atom. The van der Waals surface area contributed by atoms with E-state index in [2.05, 4.69) is 53.3 Å². The Bertz CT molecular complexity index is 394. The lowest BCUT2D eigenvalue weighted by Crippen LogP contribution is -2.29. The van der Waals surface area contributed by atoms with E-state index in [1.54, 1.807) is 0 Å². The molecule has 1 aromatic carbocycles. The molecule has 2 unspecified atom stereocenters. The number of benzene rings is 1. The Hall–Kier alpha value is 0.01000. The maximum Gasteiger partial charge on any atom is 0.0328 e. The minimum atomic E-state index is 0.565. The molecule has 18 heavy (non-hydrogen) atoms. The SMILES string of the molecule is CCSCCC(C)NC1CCc2cc(Br)ccc21. The van der Waals surface area contributed by atoms with E-state index in [4.69, 9.17) is 0 Å². The summed E-state index contributed by atoms with van der Waals surface area (Å²) < 4.78 is 1.20. The second-order valence-corrected chi connectivity index (χ2v) is 7.30. The number of fused-ring (bicyclic) bond motifs is 1. The van der Waals surface area contributed by atoms with Crippen LogP contribution in [0.1, 0.15) is 43.9 Å². The third-order valence-electron chi connectivity index (χ3n) is 3.57. The van der Waals surface area contributed by atoms with Crippen LogP contribution in [0.3, 0.4) is 0 Å². The van der Waals surface area contributed by atoms with E-state index in [-0.39, 0.29) is 0 Å². The molecule has 1 aromatic rings. The van der Waals surface area contributed by atoms with Crippen molar-refractivity contribution in [2.45, 2.75) is 45.2 Å². The molecule has 2 rings (SSSR count). The molecule has 0 saturated heterocycles. The van der Waals surface area contributed by atoms with Crippen LogP contribution >= 0.6 is 27.7 Å². The Kier molecular flexibility index (Phi) is 5.58. The molecule has 0 spiro atoms. The van der Waals surface area contributed by atoms with Crippen LogP contribution in [0, 0.1) is 0 Å². The Morgan fingerprint density at radius 2 is 2.33 bits per heavy atom. The topological polar surface area (TPSA) is 12.0 Å². The number of halogens is 1. The van der Waals surface area contributed by atoms with Crippen molar-refractivity contribution in [3.05, 3.63) is 33.8 Å². The van der Waals surface area contributed by atoms with E-state index < -0.39 is 0 Å². The van der Waals surface area contributed by atoms with Gasteiger partial charge in [0.1, 0.15) is 0 Å². The van der Waals surface area contributed by atoms with Crippen LogP contribution in [0.2, 0.25) is 0 Å². The minimum absolute atomic E-state index is 0.565. The van der Waals surface area contributed by atoms with Crippen LogP contribution in [-0.4, -0.2) is 17.5 Å². The Labute approximate surface area is 123 Å². The maximum atomic E-state index is 3.78. The van der Waals surface area contributed by atoms with Crippen molar-refractivity contribution in [3.63, 3.8) is 0 Å². The molecular formula is C15H22BrNS. The van der Waals surface area contributed by atoms with Gasteiger partial charge in [-0.3, -0.25) is 0 Å². The van der Waals surface area contributed by atoms with Crippen molar-refractivity contribution in [1.82, 2.24) is 5.32 Å². The van der Waals surface area contributed by atoms with Crippen LogP contribution in [0.25, 0.3) is 0 Å². The summed E-state index contributed by atoms with van der Waals surface area (Å²) in [6.45, 7) is 4.54. The normalized spacial score (nSPS) is 19.8. The lowest BCUT2D eigenvalue weighted by molar-refractivity contribution is 0.446. The lowest BCUT2D eigenvalue weighted by atomic mass is 10.1. The van der Waals surface area contributed by atoms with Gasteiger partial charge in [-0.2, -0.15) is 11.8 Å². The zero-order valence-corrected chi connectivity index (χ0v) is 13.6. The van der Waals surface area contributed by atoms with Crippen molar-refractivity contribution < 1.29 is 0 Å². The largest absolute Gasteiger partial charge is 0.307 e. The van der Waals surface area contributed by atoms with E-state index in [9.17, 15) is 0 Å². The molecule has 3 heteroatoms. The number of aryl methyl sites for hydroxylation is 1. The predicted octanol–water partition coefficient (Wildman–Crippen LogP) is 4.56. The van der Waals surface area contributed by atoms with Crippen molar-refractivity contribution in [1.29, 1.82) is 0 Å². The molecule has 1 aliphatic carbocycles. The average molecular weight is 328 g/mol. The fourth-order valence-corrected chi connectivity index (χ4v) is 3.81. The first-order valence-corrected chi connectivity index (χ1v) is 8.77. The second kappa shape index (κ2) is 6.97. The molecule has 100 valence electrons. The molecule has 0 amide bonds. The van der Waals surface area contributed by atoms with Gasteiger partial charge in [-0.1, -0.05) is 28.9 Å². The van der Waals surface area contributed by atoms with Gasteiger partial charge in [0.25, 0.3) is 0 Å². The molecule has 0 heterocycles. The van der Waals surface area contributed by atoms with Crippen molar-refractivity contribution in [3.8, 4) is 0 Å². The third-order valence-corrected chi connectivity index (χ3v) is 4.99.